The van der Waals surface area contributed by atoms with Gasteiger partial charge in [0.15, 0.2) is 0 Å². The van der Waals surface area contributed by atoms with Gasteiger partial charge in [-0.05, 0) is 37.1 Å². The lowest BCUT2D eigenvalue weighted by atomic mass is 10.1. The summed E-state index contributed by atoms with van der Waals surface area (Å²) in [4.78, 5) is 35.1. The Balaban J connectivity index is 1.47. The minimum absolute atomic E-state index is 0.0662. The summed E-state index contributed by atoms with van der Waals surface area (Å²) in [5, 5.41) is 2.83. The summed E-state index contributed by atoms with van der Waals surface area (Å²) in [6, 6.07) is 7.13. The predicted molar refractivity (Wildman–Crippen MR) is 103 cm³/mol. The number of alkyl halides is 3. The van der Waals surface area contributed by atoms with Crippen LogP contribution in [0, 0.1) is 0 Å². The molecule has 1 aliphatic rings. The number of fused-ring (bicyclic) bond motifs is 1. The summed E-state index contributed by atoms with van der Waals surface area (Å²) >= 11 is 0. The monoisotopic (exact) mass is 417 g/mol. The van der Waals surface area contributed by atoms with E-state index in [2.05, 4.69) is 15.3 Å². The maximum absolute atomic E-state index is 12.7. The van der Waals surface area contributed by atoms with E-state index in [4.69, 9.17) is 0 Å². The van der Waals surface area contributed by atoms with Gasteiger partial charge in [0.05, 0.1) is 5.56 Å². The second-order valence-corrected chi connectivity index (χ2v) is 7.07. The largest absolute Gasteiger partial charge is 0.417 e. The summed E-state index contributed by atoms with van der Waals surface area (Å²) < 4.78 is 39.5. The van der Waals surface area contributed by atoms with Crippen molar-refractivity contribution in [2.24, 2.45) is 0 Å². The molecule has 0 aromatic carbocycles. The van der Waals surface area contributed by atoms with Crippen LogP contribution >= 0.6 is 0 Å². The molecule has 0 radical (unpaired) electrons. The fourth-order valence-electron chi connectivity index (χ4n) is 3.49. The predicted octanol–water partition coefficient (Wildman–Crippen LogP) is 2.51. The van der Waals surface area contributed by atoms with Crippen LogP contribution in [0.5, 0.6) is 0 Å². The average molecular weight is 417 g/mol. The number of pyridine rings is 2. The SMILES string of the molecule is O=C(NC1CCCN(c2ccc(C(F)(F)F)cn2)C1)c1cnc2ccccn2c1=O. The summed E-state index contributed by atoms with van der Waals surface area (Å²) in [5.41, 5.74) is -0.896. The molecule has 1 atom stereocenters. The molecular formula is C20H18F3N5O2. The zero-order valence-electron chi connectivity index (χ0n) is 15.8. The number of anilines is 1. The normalized spacial score (nSPS) is 17.2. The zero-order valence-corrected chi connectivity index (χ0v) is 15.8. The van der Waals surface area contributed by atoms with Crippen LogP contribution in [0.15, 0.2) is 53.7 Å². The van der Waals surface area contributed by atoms with Crippen LogP contribution in [-0.4, -0.2) is 39.4 Å². The molecule has 1 unspecified atom stereocenters. The van der Waals surface area contributed by atoms with Crippen LogP contribution in [0.2, 0.25) is 0 Å². The van der Waals surface area contributed by atoms with Gasteiger partial charge in [0, 0.05) is 37.7 Å². The van der Waals surface area contributed by atoms with Crippen molar-refractivity contribution in [1.82, 2.24) is 19.7 Å². The number of nitrogens with one attached hydrogen (secondary N) is 1. The Hall–Kier alpha value is -3.43. The second-order valence-electron chi connectivity index (χ2n) is 7.07. The molecule has 4 heterocycles. The summed E-state index contributed by atoms with van der Waals surface area (Å²) in [7, 11) is 0. The van der Waals surface area contributed by atoms with Crippen molar-refractivity contribution >= 4 is 17.4 Å². The van der Waals surface area contributed by atoms with Gasteiger partial charge in [-0.1, -0.05) is 6.07 Å². The van der Waals surface area contributed by atoms with E-state index in [0.717, 1.165) is 18.7 Å². The Morgan fingerprint density at radius 3 is 2.70 bits per heavy atom. The highest BCUT2D eigenvalue weighted by molar-refractivity contribution is 5.94. The van der Waals surface area contributed by atoms with Crippen molar-refractivity contribution in [3.8, 4) is 0 Å². The third-order valence-electron chi connectivity index (χ3n) is 5.01. The molecule has 156 valence electrons. The lowest BCUT2D eigenvalue weighted by molar-refractivity contribution is -0.137. The Kier molecular flexibility index (Phi) is 5.15. The molecule has 0 bridgehead atoms. The number of nitrogens with zero attached hydrogens (tertiary/aromatic N) is 4. The summed E-state index contributed by atoms with van der Waals surface area (Å²) in [6.45, 7) is 0.997. The van der Waals surface area contributed by atoms with Crippen LogP contribution in [0.25, 0.3) is 5.65 Å². The second kappa shape index (κ2) is 7.77. The highest BCUT2D eigenvalue weighted by atomic mass is 19.4. The Bertz CT molecular complexity index is 1130. The summed E-state index contributed by atoms with van der Waals surface area (Å²) in [6.07, 6.45) is 0.573. The van der Waals surface area contributed by atoms with Gasteiger partial charge in [0.1, 0.15) is 17.0 Å². The van der Waals surface area contributed by atoms with Crippen LogP contribution < -0.4 is 15.8 Å². The number of hydrogen-bond acceptors (Lipinski definition) is 5. The van der Waals surface area contributed by atoms with Crippen molar-refractivity contribution in [2.45, 2.75) is 25.1 Å². The molecule has 0 aliphatic carbocycles. The van der Waals surface area contributed by atoms with Gasteiger partial charge in [-0.2, -0.15) is 13.2 Å². The number of rotatable bonds is 3. The molecule has 1 fully saturated rings. The van der Waals surface area contributed by atoms with E-state index in [-0.39, 0.29) is 11.6 Å². The molecule has 1 aliphatic heterocycles. The number of carbonyl (C=O) groups is 1. The average Bonchev–Trinajstić information content (AvgIpc) is 2.74. The van der Waals surface area contributed by atoms with Crippen molar-refractivity contribution < 1.29 is 18.0 Å². The standard InChI is InChI=1S/C20H18F3N5O2/c21-20(22,23)13-6-7-16(24-10-13)27-8-3-4-14(12-27)26-18(29)15-11-25-17-5-1-2-9-28(17)19(15)30/h1-2,5-7,9-11,14H,3-4,8,12H2,(H,26,29). The van der Waals surface area contributed by atoms with Crippen molar-refractivity contribution in [3.05, 3.63) is 70.4 Å². The molecule has 0 spiro atoms. The highest BCUT2D eigenvalue weighted by Gasteiger charge is 2.31. The van der Waals surface area contributed by atoms with E-state index < -0.39 is 23.2 Å². The lowest BCUT2D eigenvalue weighted by Crippen LogP contribution is -2.49. The molecule has 7 nitrogen and oxygen atoms in total. The fourth-order valence-corrected chi connectivity index (χ4v) is 3.49. The third-order valence-corrected chi connectivity index (χ3v) is 5.01. The highest BCUT2D eigenvalue weighted by Crippen LogP contribution is 2.29. The topological polar surface area (TPSA) is 79.6 Å². The van der Waals surface area contributed by atoms with Crippen molar-refractivity contribution in [3.63, 3.8) is 0 Å². The van der Waals surface area contributed by atoms with Crippen molar-refractivity contribution in [2.75, 3.05) is 18.0 Å². The Morgan fingerprint density at radius 1 is 1.13 bits per heavy atom. The maximum atomic E-state index is 12.7. The fraction of sp³-hybridized carbons (Fsp3) is 0.300. The van der Waals surface area contributed by atoms with Crippen LogP contribution in [0.4, 0.5) is 19.0 Å². The lowest BCUT2D eigenvalue weighted by Gasteiger charge is -2.34. The Labute approximate surface area is 169 Å². The number of hydrogen-bond donors (Lipinski definition) is 1. The quantitative estimate of drug-likeness (QED) is 0.709. The summed E-state index contributed by atoms with van der Waals surface area (Å²) in [5.74, 6) is -0.118. The zero-order chi connectivity index (χ0) is 21.3. The molecule has 30 heavy (non-hydrogen) atoms. The minimum atomic E-state index is -4.44. The Morgan fingerprint density at radius 2 is 1.97 bits per heavy atom. The molecule has 1 saturated heterocycles. The van der Waals surface area contributed by atoms with Gasteiger partial charge in [-0.25, -0.2) is 9.97 Å². The third kappa shape index (κ3) is 3.98. The van der Waals surface area contributed by atoms with Gasteiger partial charge in [-0.15, -0.1) is 0 Å². The van der Waals surface area contributed by atoms with Crippen LogP contribution in [0.3, 0.4) is 0 Å². The maximum Gasteiger partial charge on any atom is 0.417 e. The first-order valence-electron chi connectivity index (χ1n) is 9.38. The molecule has 3 aromatic heterocycles. The number of aromatic nitrogens is 3. The number of piperidine rings is 1. The van der Waals surface area contributed by atoms with E-state index in [9.17, 15) is 22.8 Å². The van der Waals surface area contributed by atoms with Crippen LogP contribution in [-0.2, 0) is 6.18 Å². The molecule has 1 amide bonds. The molecule has 3 aromatic rings. The van der Waals surface area contributed by atoms with Crippen molar-refractivity contribution in [1.29, 1.82) is 0 Å². The van der Waals surface area contributed by atoms with E-state index >= 15 is 0 Å². The first kappa shape index (κ1) is 19.9. The number of amides is 1. The molecule has 10 heteroatoms. The van der Waals surface area contributed by atoms with Gasteiger partial charge in [0.2, 0.25) is 0 Å². The van der Waals surface area contributed by atoms with Gasteiger partial charge in [-0.3, -0.25) is 14.0 Å². The smallest absolute Gasteiger partial charge is 0.355 e. The van der Waals surface area contributed by atoms with Gasteiger partial charge in [0.25, 0.3) is 11.5 Å². The molecular weight excluding hydrogens is 399 g/mol. The van der Waals surface area contributed by atoms with Gasteiger partial charge < -0.3 is 10.2 Å². The first-order valence-corrected chi connectivity index (χ1v) is 9.38. The molecule has 4 rings (SSSR count). The van der Waals surface area contributed by atoms with E-state index in [1.165, 1.54) is 16.7 Å². The number of halogens is 3. The van der Waals surface area contributed by atoms with E-state index in [1.807, 2.05) is 4.90 Å². The first-order chi connectivity index (χ1) is 14.3. The molecule has 0 saturated carbocycles. The van der Waals surface area contributed by atoms with E-state index in [1.54, 1.807) is 24.4 Å². The van der Waals surface area contributed by atoms with Gasteiger partial charge >= 0.3 is 6.18 Å². The van der Waals surface area contributed by atoms with E-state index in [0.29, 0.717) is 31.0 Å². The molecule has 1 N–H and O–H groups in total. The minimum Gasteiger partial charge on any atom is -0.355 e. The number of carbonyl (C=O) groups excluding carboxylic acids is 1. The van der Waals surface area contributed by atoms with Crippen LogP contribution in [0.1, 0.15) is 28.8 Å².